The van der Waals surface area contributed by atoms with Crippen LogP contribution in [0.5, 0.6) is 11.6 Å². The number of aliphatic imine (C=N–C) groups is 1. The Hall–Kier alpha value is -2.75. The quantitative estimate of drug-likeness (QED) is 0.459. The number of pyridine rings is 1. The summed E-state index contributed by atoms with van der Waals surface area (Å²) in [5.41, 5.74) is 7.21. The van der Waals surface area contributed by atoms with E-state index in [2.05, 4.69) is 35.8 Å². The predicted molar refractivity (Wildman–Crippen MR) is 129 cm³/mol. The average molecular weight is 433 g/mol. The first kappa shape index (κ1) is 21.5. The van der Waals surface area contributed by atoms with Gasteiger partial charge in [-0.15, -0.1) is 5.73 Å². The Morgan fingerprint density at radius 1 is 1.13 bits per heavy atom. The van der Waals surface area contributed by atoms with Crippen LogP contribution in [-0.2, 0) is 6.42 Å². The van der Waals surface area contributed by atoms with E-state index in [4.69, 9.17) is 14.5 Å². The second kappa shape index (κ2) is 10.0. The van der Waals surface area contributed by atoms with Crippen LogP contribution in [0, 0.1) is 11.8 Å². The largest absolute Gasteiger partial charge is 0.497 e. The summed E-state index contributed by atoms with van der Waals surface area (Å²) >= 11 is 1.80. The van der Waals surface area contributed by atoms with E-state index in [1.807, 2.05) is 36.7 Å². The Kier molecular flexibility index (Phi) is 6.96. The van der Waals surface area contributed by atoms with Gasteiger partial charge in [0.05, 0.1) is 19.3 Å². The molecular formula is C26H28N2O2S. The second-order valence-corrected chi connectivity index (χ2v) is 9.17. The zero-order valence-electron chi connectivity index (χ0n) is 18.3. The Bertz CT molecular complexity index is 1030. The van der Waals surface area contributed by atoms with Crippen LogP contribution in [0.1, 0.15) is 37.3 Å². The molecule has 5 heteroatoms. The van der Waals surface area contributed by atoms with Crippen LogP contribution >= 0.6 is 11.8 Å². The van der Waals surface area contributed by atoms with Crippen molar-refractivity contribution in [2.24, 2.45) is 16.8 Å². The van der Waals surface area contributed by atoms with E-state index in [0.29, 0.717) is 17.7 Å². The molecule has 1 aromatic heterocycles. The highest BCUT2D eigenvalue weighted by Crippen LogP contribution is 2.38. The SMILES string of the molecule is COc1ccc(CCC(C)CC2=C=CC3CC(c4ccc(OC)nc4)=CN=C3S2)cc1. The first-order valence-electron chi connectivity index (χ1n) is 10.7. The van der Waals surface area contributed by atoms with Gasteiger partial charge in [0, 0.05) is 29.3 Å². The molecule has 0 saturated carbocycles. The van der Waals surface area contributed by atoms with Crippen molar-refractivity contribution in [3.05, 3.63) is 76.6 Å². The fourth-order valence-electron chi connectivity index (χ4n) is 3.80. The third-order valence-corrected chi connectivity index (χ3v) is 6.86. The number of hydrogen-bond donors (Lipinski definition) is 0. The van der Waals surface area contributed by atoms with E-state index in [1.54, 1.807) is 26.0 Å². The molecule has 2 unspecified atom stereocenters. The smallest absolute Gasteiger partial charge is 0.212 e. The standard InChI is InChI=1S/C26H28N2O2S/c1-18(4-5-19-6-10-23(29-2)11-7-19)14-24-12-8-20-15-22(17-28-26(20)31-24)21-9-13-25(30-3)27-16-21/h6-11,13,16-18,20H,4-5,14-15H2,1-3H3. The molecule has 0 N–H and O–H groups in total. The Balaban J connectivity index is 1.32. The van der Waals surface area contributed by atoms with Crippen LogP contribution in [0.4, 0.5) is 0 Å². The van der Waals surface area contributed by atoms with Crippen molar-refractivity contribution in [3.63, 3.8) is 0 Å². The normalized spacial score (nSPS) is 18.4. The first-order valence-corrected chi connectivity index (χ1v) is 11.5. The van der Waals surface area contributed by atoms with Crippen molar-refractivity contribution in [2.75, 3.05) is 14.2 Å². The number of benzene rings is 1. The maximum Gasteiger partial charge on any atom is 0.212 e. The summed E-state index contributed by atoms with van der Waals surface area (Å²) < 4.78 is 10.4. The lowest BCUT2D eigenvalue weighted by atomic mass is 9.94. The van der Waals surface area contributed by atoms with E-state index in [-0.39, 0.29) is 0 Å². The molecule has 0 amide bonds. The number of methoxy groups -OCH3 is 2. The summed E-state index contributed by atoms with van der Waals surface area (Å²) in [6, 6.07) is 12.3. The summed E-state index contributed by atoms with van der Waals surface area (Å²) in [6.07, 6.45) is 10.3. The van der Waals surface area contributed by atoms with E-state index >= 15 is 0 Å². The van der Waals surface area contributed by atoms with Crippen LogP contribution < -0.4 is 9.47 Å². The van der Waals surface area contributed by atoms with Crippen molar-refractivity contribution >= 4 is 22.4 Å². The van der Waals surface area contributed by atoms with E-state index in [1.165, 1.54) is 21.1 Å². The summed E-state index contributed by atoms with van der Waals surface area (Å²) in [6.45, 7) is 2.32. The zero-order valence-corrected chi connectivity index (χ0v) is 19.1. The van der Waals surface area contributed by atoms with Gasteiger partial charge in [0.2, 0.25) is 5.88 Å². The number of rotatable bonds is 8. The molecule has 2 atom stereocenters. The maximum atomic E-state index is 5.24. The second-order valence-electron chi connectivity index (χ2n) is 8.05. The first-order chi connectivity index (χ1) is 15.1. The minimum absolute atomic E-state index is 0.311. The number of ether oxygens (including phenoxy) is 2. The number of thioether (sulfide) groups is 1. The predicted octanol–water partition coefficient (Wildman–Crippen LogP) is 6.30. The van der Waals surface area contributed by atoms with Gasteiger partial charge in [-0.2, -0.15) is 0 Å². The van der Waals surface area contributed by atoms with Gasteiger partial charge in [0.15, 0.2) is 0 Å². The van der Waals surface area contributed by atoms with Gasteiger partial charge >= 0.3 is 0 Å². The lowest BCUT2D eigenvalue weighted by molar-refractivity contribution is 0.398. The molecule has 31 heavy (non-hydrogen) atoms. The van der Waals surface area contributed by atoms with Crippen molar-refractivity contribution in [1.82, 2.24) is 4.98 Å². The van der Waals surface area contributed by atoms with Gasteiger partial charge in [-0.3, -0.25) is 4.99 Å². The summed E-state index contributed by atoms with van der Waals surface area (Å²) in [5, 5.41) is 1.18. The van der Waals surface area contributed by atoms with E-state index in [9.17, 15) is 0 Å². The number of aromatic nitrogens is 1. The van der Waals surface area contributed by atoms with Crippen LogP contribution in [0.2, 0.25) is 0 Å². The van der Waals surface area contributed by atoms with Gasteiger partial charge in [0.25, 0.3) is 0 Å². The highest BCUT2D eigenvalue weighted by Gasteiger charge is 2.24. The molecule has 160 valence electrons. The fraction of sp³-hybridized carbons (Fsp3) is 0.346. The number of aryl methyl sites for hydroxylation is 1. The molecule has 2 aliphatic rings. The highest BCUT2D eigenvalue weighted by atomic mass is 32.2. The molecule has 4 nitrogen and oxygen atoms in total. The minimum atomic E-state index is 0.311. The average Bonchev–Trinajstić information content (AvgIpc) is 2.83. The third-order valence-electron chi connectivity index (χ3n) is 5.71. The molecule has 2 aromatic rings. The Labute approximate surface area is 188 Å². The molecule has 0 saturated heterocycles. The molecule has 0 spiro atoms. The van der Waals surface area contributed by atoms with E-state index in [0.717, 1.165) is 37.0 Å². The van der Waals surface area contributed by atoms with Crippen LogP contribution in [-0.4, -0.2) is 24.2 Å². The van der Waals surface area contributed by atoms with Crippen molar-refractivity contribution in [3.8, 4) is 11.6 Å². The van der Waals surface area contributed by atoms with Crippen LogP contribution in [0.25, 0.3) is 5.57 Å². The summed E-state index contributed by atoms with van der Waals surface area (Å²) in [5.74, 6) is 2.45. The molecule has 0 bridgehead atoms. The van der Waals surface area contributed by atoms with E-state index < -0.39 is 0 Å². The summed E-state index contributed by atoms with van der Waals surface area (Å²) in [4.78, 5) is 10.4. The van der Waals surface area contributed by atoms with Crippen molar-refractivity contribution in [1.29, 1.82) is 0 Å². The lowest BCUT2D eigenvalue weighted by Gasteiger charge is -2.24. The van der Waals surface area contributed by atoms with Gasteiger partial charge in [-0.1, -0.05) is 30.8 Å². The van der Waals surface area contributed by atoms with Gasteiger partial charge in [-0.25, -0.2) is 4.98 Å². The number of nitrogens with zero attached hydrogens (tertiary/aromatic N) is 2. The molecule has 1 aromatic carbocycles. The molecule has 0 fully saturated rings. The molecule has 4 rings (SSSR count). The van der Waals surface area contributed by atoms with Crippen molar-refractivity contribution in [2.45, 2.75) is 32.6 Å². The Morgan fingerprint density at radius 3 is 2.68 bits per heavy atom. The Morgan fingerprint density at radius 2 is 1.97 bits per heavy atom. The van der Waals surface area contributed by atoms with Crippen molar-refractivity contribution < 1.29 is 9.47 Å². The van der Waals surface area contributed by atoms with Gasteiger partial charge in [0.1, 0.15) is 5.75 Å². The third kappa shape index (κ3) is 5.49. The molecule has 0 aliphatic carbocycles. The molecule has 2 aliphatic heterocycles. The monoisotopic (exact) mass is 432 g/mol. The van der Waals surface area contributed by atoms with Crippen LogP contribution in [0.3, 0.4) is 0 Å². The minimum Gasteiger partial charge on any atom is -0.497 e. The topological polar surface area (TPSA) is 43.7 Å². The van der Waals surface area contributed by atoms with Crippen LogP contribution in [0.15, 0.2) is 70.5 Å². The zero-order chi connectivity index (χ0) is 21.6. The number of allylic oxidation sites excluding steroid dienone is 2. The molecule has 0 radical (unpaired) electrons. The maximum absolute atomic E-state index is 5.24. The van der Waals surface area contributed by atoms with Gasteiger partial charge < -0.3 is 9.47 Å². The summed E-state index contributed by atoms with van der Waals surface area (Å²) in [7, 11) is 3.33. The number of fused-ring (bicyclic) bond motifs is 1. The molecular weight excluding hydrogens is 404 g/mol. The number of hydrogen-bond acceptors (Lipinski definition) is 5. The highest BCUT2D eigenvalue weighted by molar-refractivity contribution is 8.17. The lowest BCUT2D eigenvalue weighted by Crippen LogP contribution is -2.15. The molecule has 3 heterocycles. The fourth-order valence-corrected chi connectivity index (χ4v) is 4.96. The van der Waals surface area contributed by atoms with Gasteiger partial charge in [-0.05, 0) is 72.6 Å².